The second kappa shape index (κ2) is 4.97. The zero-order chi connectivity index (χ0) is 13.1. The van der Waals surface area contributed by atoms with Gasteiger partial charge in [0.2, 0.25) is 0 Å². The molecule has 0 aliphatic carbocycles. The van der Waals surface area contributed by atoms with Crippen molar-refractivity contribution in [2.24, 2.45) is 0 Å². The van der Waals surface area contributed by atoms with E-state index in [0.717, 1.165) is 5.56 Å². The van der Waals surface area contributed by atoms with Gasteiger partial charge in [0.05, 0.1) is 17.7 Å². The fraction of sp³-hybridized carbons (Fsp3) is 0.0909. The van der Waals surface area contributed by atoms with Crippen LogP contribution < -0.4 is 5.56 Å². The molecule has 2 heterocycles. The Kier molecular flexibility index (Phi) is 3.38. The van der Waals surface area contributed by atoms with E-state index in [2.05, 4.69) is 4.98 Å². The minimum Gasteiger partial charge on any atom is -0.304 e. The van der Waals surface area contributed by atoms with Crippen molar-refractivity contribution in [3.05, 3.63) is 67.8 Å². The predicted octanol–water partition coefficient (Wildman–Crippen LogP) is 1.85. The van der Waals surface area contributed by atoms with Gasteiger partial charge in [-0.3, -0.25) is 14.9 Å². The topological polar surface area (TPSA) is 78.0 Å². The molecule has 0 fully saturated rings. The van der Waals surface area contributed by atoms with Gasteiger partial charge in [-0.2, -0.15) is 0 Å². The third-order valence-electron chi connectivity index (χ3n) is 2.32. The van der Waals surface area contributed by atoms with E-state index in [-0.39, 0.29) is 17.8 Å². The van der Waals surface area contributed by atoms with Gasteiger partial charge in [-0.1, -0.05) is 11.6 Å². The van der Waals surface area contributed by atoms with Gasteiger partial charge in [-0.15, -0.1) is 0 Å². The average molecular weight is 266 g/mol. The maximum Gasteiger partial charge on any atom is 0.285 e. The lowest BCUT2D eigenvalue weighted by atomic mass is 10.2. The molecule has 0 aliphatic rings. The van der Waals surface area contributed by atoms with Crippen molar-refractivity contribution >= 4 is 17.3 Å². The molecule has 0 unspecified atom stereocenters. The quantitative estimate of drug-likeness (QED) is 0.482. The van der Waals surface area contributed by atoms with Gasteiger partial charge < -0.3 is 4.57 Å². The second-order valence-corrected chi connectivity index (χ2v) is 3.98. The number of hydrogen-bond acceptors (Lipinski definition) is 4. The Morgan fingerprint density at radius 1 is 1.39 bits per heavy atom. The molecule has 0 saturated carbocycles. The summed E-state index contributed by atoms with van der Waals surface area (Å²) >= 11 is 5.73. The molecule has 18 heavy (non-hydrogen) atoms. The van der Waals surface area contributed by atoms with Gasteiger partial charge in [0.25, 0.3) is 11.2 Å². The molecule has 6 nitrogen and oxygen atoms in total. The van der Waals surface area contributed by atoms with Crippen molar-refractivity contribution in [2.75, 3.05) is 0 Å². The van der Waals surface area contributed by atoms with Crippen molar-refractivity contribution < 1.29 is 4.92 Å². The highest BCUT2D eigenvalue weighted by Crippen LogP contribution is 2.10. The molecule has 0 saturated heterocycles. The summed E-state index contributed by atoms with van der Waals surface area (Å²) in [6, 6.07) is 5.64. The van der Waals surface area contributed by atoms with Crippen LogP contribution in [0.1, 0.15) is 5.56 Å². The van der Waals surface area contributed by atoms with Crippen molar-refractivity contribution in [3.63, 3.8) is 0 Å². The molecule has 2 rings (SSSR count). The molecule has 0 aliphatic heterocycles. The molecule has 0 radical (unpaired) electrons. The van der Waals surface area contributed by atoms with E-state index in [9.17, 15) is 14.9 Å². The third-order valence-corrected chi connectivity index (χ3v) is 2.53. The monoisotopic (exact) mass is 265 g/mol. The molecule has 2 aromatic rings. The lowest BCUT2D eigenvalue weighted by Crippen LogP contribution is -2.19. The van der Waals surface area contributed by atoms with Gasteiger partial charge in [-0.05, 0) is 17.7 Å². The lowest BCUT2D eigenvalue weighted by Gasteiger charge is -2.05. The predicted molar refractivity (Wildman–Crippen MR) is 65.7 cm³/mol. The summed E-state index contributed by atoms with van der Waals surface area (Å²) in [4.78, 5) is 25.5. The largest absolute Gasteiger partial charge is 0.304 e. The molecule has 0 N–H and O–H groups in total. The fourth-order valence-corrected chi connectivity index (χ4v) is 1.68. The smallest absolute Gasteiger partial charge is 0.285 e. The highest BCUT2D eigenvalue weighted by atomic mass is 35.5. The molecule has 92 valence electrons. The van der Waals surface area contributed by atoms with Gasteiger partial charge in [-0.25, -0.2) is 4.98 Å². The number of aromatic nitrogens is 2. The minimum atomic E-state index is -0.546. The Balaban J connectivity index is 2.37. The Hall–Kier alpha value is -2.21. The molecule has 2 aromatic heterocycles. The third kappa shape index (κ3) is 2.72. The average Bonchev–Trinajstić information content (AvgIpc) is 2.31. The van der Waals surface area contributed by atoms with Crippen LogP contribution >= 0.6 is 11.6 Å². The van der Waals surface area contributed by atoms with E-state index in [4.69, 9.17) is 11.6 Å². The van der Waals surface area contributed by atoms with Crippen molar-refractivity contribution in [2.45, 2.75) is 6.54 Å². The van der Waals surface area contributed by atoms with Crippen LogP contribution in [0.15, 0.2) is 41.5 Å². The zero-order valence-electron chi connectivity index (χ0n) is 9.12. The summed E-state index contributed by atoms with van der Waals surface area (Å²) in [5.74, 6) is 0. The number of hydrogen-bond donors (Lipinski definition) is 0. The van der Waals surface area contributed by atoms with E-state index < -0.39 is 4.92 Å². The first-order valence-corrected chi connectivity index (χ1v) is 5.39. The summed E-state index contributed by atoms with van der Waals surface area (Å²) < 4.78 is 1.25. The Morgan fingerprint density at radius 3 is 2.83 bits per heavy atom. The van der Waals surface area contributed by atoms with Gasteiger partial charge in [0.15, 0.2) is 0 Å². The van der Waals surface area contributed by atoms with Crippen LogP contribution in [-0.2, 0) is 6.54 Å². The fourth-order valence-electron chi connectivity index (χ4n) is 1.49. The summed E-state index contributed by atoms with van der Waals surface area (Å²) in [5.41, 5.74) is 0.306. The molecular weight excluding hydrogens is 258 g/mol. The highest BCUT2D eigenvalue weighted by molar-refractivity contribution is 6.29. The van der Waals surface area contributed by atoms with E-state index in [1.165, 1.54) is 29.1 Å². The van der Waals surface area contributed by atoms with Gasteiger partial charge >= 0.3 is 0 Å². The number of nitrogens with zero attached hydrogens (tertiary/aromatic N) is 3. The van der Waals surface area contributed by atoms with E-state index in [1.54, 1.807) is 12.1 Å². The number of nitro groups is 1. The van der Waals surface area contributed by atoms with Crippen LogP contribution in [0.4, 0.5) is 5.69 Å². The van der Waals surface area contributed by atoms with Crippen LogP contribution in [0.2, 0.25) is 5.15 Å². The first-order chi connectivity index (χ1) is 8.56. The highest BCUT2D eigenvalue weighted by Gasteiger charge is 2.08. The second-order valence-electron chi connectivity index (χ2n) is 3.60. The van der Waals surface area contributed by atoms with Crippen molar-refractivity contribution in [3.8, 4) is 0 Å². The normalized spacial score (nSPS) is 10.3. The number of halogens is 1. The van der Waals surface area contributed by atoms with Crippen LogP contribution in [0.5, 0.6) is 0 Å². The summed E-state index contributed by atoms with van der Waals surface area (Å²) in [7, 11) is 0. The Labute approximate surface area is 107 Å². The molecule has 0 amide bonds. The van der Waals surface area contributed by atoms with E-state index in [0.29, 0.717) is 5.15 Å². The van der Waals surface area contributed by atoms with E-state index in [1.807, 2.05) is 0 Å². The SMILES string of the molecule is O=c1ccc([N+](=O)[O-])cn1Cc1ccnc(Cl)c1. The zero-order valence-corrected chi connectivity index (χ0v) is 9.87. The van der Waals surface area contributed by atoms with Crippen LogP contribution in [-0.4, -0.2) is 14.5 Å². The first kappa shape index (κ1) is 12.3. The summed E-state index contributed by atoms with van der Waals surface area (Å²) in [6.07, 6.45) is 2.72. The minimum absolute atomic E-state index is 0.130. The van der Waals surface area contributed by atoms with Gasteiger partial charge in [0, 0.05) is 18.3 Å². The first-order valence-electron chi connectivity index (χ1n) is 5.01. The van der Waals surface area contributed by atoms with Crippen molar-refractivity contribution in [1.29, 1.82) is 0 Å². The Morgan fingerprint density at radius 2 is 2.17 bits per heavy atom. The number of rotatable bonds is 3. The Bertz CT molecular complexity index is 654. The molecule has 0 bridgehead atoms. The maximum atomic E-state index is 11.6. The standard InChI is InChI=1S/C11H8ClN3O3/c12-10-5-8(3-4-13-10)6-14-7-9(15(17)18)1-2-11(14)16/h1-5,7H,6H2. The van der Waals surface area contributed by atoms with Crippen LogP contribution in [0, 0.1) is 10.1 Å². The molecule has 7 heteroatoms. The molecule has 0 spiro atoms. The molecular formula is C11H8ClN3O3. The van der Waals surface area contributed by atoms with Crippen LogP contribution in [0.25, 0.3) is 0 Å². The van der Waals surface area contributed by atoms with Crippen LogP contribution in [0.3, 0.4) is 0 Å². The van der Waals surface area contributed by atoms with E-state index >= 15 is 0 Å². The number of pyridine rings is 2. The van der Waals surface area contributed by atoms with Crippen molar-refractivity contribution in [1.82, 2.24) is 9.55 Å². The molecule has 0 aromatic carbocycles. The summed E-state index contributed by atoms with van der Waals surface area (Å²) in [5, 5.41) is 10.9. The lowest BCUT2D eigenvalue weighted by molar-refractivity contribution is -0.385. The maximum absolute atomic E-state index is 11.6. The van der Waals surface area contributed by atoms with Gasteiger partial charge in [0.1, 0.15) is 5.15 Å². The summed E-state index contributed by atoms with van der Waals surface area (Å²) in [6.45, 7) is 0.211. The molecule has 0 atom stereocenters.